The molecular formula is C24H30ClN3O5. The van der Waals surface area contributed by atoms with Gasteiger partial charge in [-0.15, -0.1) is 0 Å². The molecule has 9 heteroatoms. The van der Waals surface area contributed by atoms with Gasteiger partial charge in [0.1, 0.15) is 0 Å². The number of rotatable bonds is 7. The van der Waals surface area contributed by atoms with Crippen LogP contribution in [0.2, 0.25) is 5.02 Å². The smallest absolute Gasteiger partial charge is 0.321 e. The second kappa shape index (κ2) is 11.7. The molecule has 0 unspecified atom stereocenters. The van der Waals surface area contributed by atoms with Gasteiger partial charge >= 0.3 is 6.03 Å². The number of aryl methyl sites for hydroxylation is 1. The molecule has 2 aromatic carbocycles. The standard InChI is InChI=1S/C24H30ClN3O5/c1-31-20-14-17(15-21(32-2)23(20)33-3)8-9-22(29)27-10-5-11-28(13-12-27)24(30)26-19-7-4-6-18(25)16-19/h4,6-7,14-16H,5,8-13H2,1-3H3,(H,26,30). The Morgan fingerprint density at radius 3 is 2.24 bits per heavy atom. The van der Waals surface area contributed by atoms with Crippen molar-refractivity contribution in [1.82, 2.24) is 9.80 Å². The number of carbonyl (C=O) groups is 2. The molecule has 1 N–H and O–H groups in total. The minimum Gasteiger partial charge on any atom is -0.493 e. The van der Waals surface area contributed by atoms with E-state index in [-0.39, 0.29) is 11.9 Å². The SMILES string of the molecule is COc1cc(CCC(=O)N2CCCN(C(=O)Nc3cccc(Cl)c3)CC2)cc(OC)c1OC. The van der Waals surface area contributed by atoms with E-state index in [0.29, 0.717) is 67.0 Å². The van der Waals surface area contributed by atoms with Gasteiger partial charge in [-0.3, -0.25) is 4.79 Å². The van der Waals surface area contributed by atoms with Crippen molar-refractivity contribution in [1.29, 1.82) is 0 Å². The molecule has 0 saturated carbocycles. The van der Waals surface area contributed by atoms with Crippen LogP contribution in [-0.4, -0.2) is 69.2 Å². The highest BCUT2D eigenvalue weighted by Gasteiger charge is 2.22. The van der Waals surface area contributed by atoms with Crippen molar-refractivity contribution in [3.05, 3.63) is 47.0 Å². The van der Waals surface area contributed by atoms with E-state index in [4.69, 9.17) is 25.8 Å². The summed E-state index contributed by atoms with van der Waals surface area (Å²) < 4.78 is 16.1. The third kappa shape index (κ3) is 6.44. The summed E-state index contributed by atoms with van der Waals surface area (Å²) in [6, 6.07) is 10.6. The second-order valence-electron chi connectivity index (χ2n) is 7.70. The lowest BCUT2D eigenvalue weighted by atomic mass is 10.1. The van der Waals surface area contributed by atoms with Gasteiger partial charge in [0.05, 0.1) is 21.3 Å². The minimum absolute atomic E-state index is 0.0563. The molecule has 3 rings (SSSR count). The van der Waals surface area contributed by atoms with Crippen LogP contribution in [0, 0.1) is 0 Å². The Morgan fingerprint density at radius 1 is 0.939 bits per heavy atom. The predicted molar refractivity (Wildman–Crippen MR) is 128 cm³/mol. The average molecular weight is 476 g/mol. The van der Waals surface area contributed by atoms with Crippen molar-refractivity contribution < 1.29 is 23.8 Å². The van der Waals surface area contributed by atoms with Gasteiger partial charge in [-0.2, -0.15) is 0 Å². The number of halogens is 1. The second-order valence-corrected chi connectivity index (χ2v) is 8.13. The predicted octanol–water partition coefficient (Wildman–Crippen LogP) is 4.06. The van der Waals surface area contributed by atoms with Gasteiger partial charge < -0.3 is 29.3 Å². The topological polar surface area (TPSA) is 80.3 Å². The van der Waals surface area contributed by atoms with Crippen molar-refractivity contribution in [2.75, 3.05) is 52.8 Å². The summed E-state index contributed by atoms with van der Waals surface area (Å²) >= 11 is 5.99. The Hall–Kier alpha value is -3.13. The first-order valence-corrected chi connectivity index (χ1v) is 11.2. The minimum atomic E-state index is -0.191. The molecule has 1 heterocycles. The number of anilines is 1. The van der Waals surface area contributed by atoms with Crippen LogP contribution in [-0.2, 0) is 11.2 Å². The van der Waals surface area contributed by atoms with Gasteiger partial charge in [0.2, 0.25) is 11.7 Å². The van der Waals surface area contributed by atoms with Crippen LogP contribution in [0.3, 0.4) is 0 Å². The maximum Gasteiger partial charge on any atom is 0.321 e. The van der Waals surface area contributed by atoms with Crippen LogP contribution >= 0.6 is 11.6 Å². The third-order valence-electron chi connectivity index (χ3n) is 5.56. The normalized spacial score (nSPS) is 13.8. The number of ether oxygens (including phenoxy) is 3. The van der Waals surface area contributed by atoms with Gasteiger partial charge in [-0.1, -0.05) is 17.7 Å². The number of urea groups is 1. The number of nitrogens with zero attached hydrogens (tertiary/aromatic N) is 2. The number of benzene rings is 2. The Kier molecular flexibility index (Phi) is 8.65. The highest BCUT2D eigenvalue weighted by molar-refractivity contribution is 6.30. The molecule has 0 atom stereocenters. The number of carbonyl (C=O) groups excluding carboxylic acids is 2. The van der Waals surface area contributed by atoms with E-state index >= 15 is 0 Å². The van der Waals surface area contributed by atoms with E-state index in [2.05, 4.69) is 5.32 Å². The maximum atomic E-state index is 12.9. The number of amides is 3. The zero-order valence-electron chi connectivity index (χ0n) is 19.2. The number of hydrogen-bond acceptors (Lipinski definition) is 5. The summed E-state index contributed by atoms with van der Waals surface area (Å²) in [6.45, 7) is 2.18. The zero-order chi connectivity index (χ0) is 23.8. The molecule has 1 aliphatic rings. The van der Waals surface area contributed by atoms with Crippen LogP contribution in [0.1, 0.15) is 18.4 Å². The molecule has 0 aromatic heterocycles. The Morgan fingerprint density at radius 2 is 1.61 bits per heavy atom. The third-order valence-corrected chi connectivity index (χ3v) is 5.80. The first-order chi connectivity index (χ1) is 15.9. The highest BCUT2D eigenvalue weighted by atomic mass is 35.5. The number of hydrogen-bond donors (Lipinski definition) is 1. The molecule has 178 valence electrons. The molecule has 0 bridgehead atoms. The molecule has 1 fully saturated rings. The fourth-order valence-corrected chi connectivity index (χ4v) is 4.02. The number of nitrogens with one attached hydrogen (secondary N) is 1. The zero-order valence-corrected chi connectivity index (χ0v) is 20.0. The summed E-state index contributed by atoms with van der Waals surface area (Å²) in [6.07, 6.45) is 1.62. The van der Waals surface area contributed by atoms with Crippen LogP contribution < -0.4 is 19.5 Å². The molecule has 33 heavy (non-hydrogen) atoms. The van der Waals surface area contributed by atoms with Crippen molar-refractivity contribution in [3.8, 4) is 17.2 Å². The van der Waals surface area contributed by atoms with E-state index in [1.54, 1.807) is 50.5 Å². The fourth-order valence-electron chi connectivity index (χ4n) is 3.83. The molecule has 1 saturated heterocycles. The van der Waals surface area contributed by atoms with E-state index in [9.17, 15) is 9.59 Å². The first-order valence-electron chi connectivity index (χ1n) is 10.8. The van der Waals surface area contributed by atoms with Crippen LogP contribution in [0.15, 0.2) is 36.4 Å². The van der Waals surface area contributed by atoms with E-state index in [0.717, 1.165) is 12.0 Å². The van der Waals surface area contributed by atoms with Crippen molar-refractivity contribution in [2.24, 2.45) is 0 Å². The summed E-state index contributed by atoms with van der Waals surface area (Å²) in [7, 11) is 4.69. The van der Waals surface area contributed by atoms with Crippen molar-refractivity contribution in [3.63, 3.8) is 0 Å². The molecule has 1 aliphatic heterocycles. The molecule has 0 spiro atoms. The van der Waals surface area contributed by atoms with E-state index in [1.165, 1.54) is 0 Å². The summed E-state index contributed by atoms with van der Waals surface area (Å²) in [5.41, 5.74) is 1.57. The maximum absolute atomic E-state index is 12.9. The van der Waals surface area contributed by atoms with Crippen LogP contribution in [0.5, 0.6) is 17.2 Å². The van der Waals surface area contributed by atoms with E-state index in [1.807, 2.05) is 17.0 Å². The Balaban J connectivity index is 1.55. The molecule has 3 amide bonds. The van der Waals surface area contributed by atoms with E-state index < -0.39 is 0 Å². The van der Waals surface area contributed by atoms with Gasteiger partial charge in [0.25, 0.3) is 0 Å². The molecule has 0 radical (unpaired) electrons. The Bertz CT molecular complexity index is 959. The van der Waals surface area contributed by atoms with Gasteiger partial charge in [-0.25, -0.2) is 4.79 Å². The Labute approximate surface area is 199 Å². The lowest BCUT2D eigenvalue weighted by molar-refractivity contribution is -0.131. The summed E-state index contributed by atoms with van der Waals surface area (Å²) in [4.78, 5) is 29.0. The largest absolute Gasteiger partial charge is 0.493 e. The fraction of sp³-hybridized carbons (Fsp3) is 0.417. The monoisotopic (exact) mass is 475 g/mol. The quantitative estimate of drug-likeness (QED) is 0.653. The number of methoxy groups -OCH3 is 3. The average Bonchev–Trinajstić information content (AvgIpc) is 3.08. The lowest BCUT2D eigenvalue weighted by Crippen LogP contribution is -2.39. The summed E-state index contributed by atoms with van der Waals surface area (Å²) in [5, 5.41) is 3.43. The van der Waals surface area contributed by atoms with Crippen molar-refractivity contribution >= 4 is 29.2 Å². The van der Waals surface area contributed by atoms with Gasteiger partial charge in [-0.05, 0) is 48.7 Å². The lowest BCUT2D eigenvalue weighted by Gasteiger charge is -2.22. The first kappa shape index (κ1) is 24.5. The summed E-state index contributed by atoms with van der Waals surface area (Å²) in [5.74, 6) is 1.71. The highest BCUT2D eigenvalue weighted by Crippen LogP contribution is 2.38. The molecule has 0 aliphatic carbocycles. The van der Waals surface area contributed by atoms with Crippen LogP contribution in [0.4, 0.5) is 10.5 Å². The van der Waals surface area contributed by atoms with Crippen molar-refractivity contribution in [2.45, 2.75) is 19.3 Å². The molecular weight excluding hydrogens is 446 g/mol. The molecule has 2 aromatic rings. The van der Waals surface area contributed by atoms with Gasteiger partial charge in [0, 0.05) is 43.3 Å². The van der Waals surface area contributed by atoms with Crippen LogP contribution in [0.25, 0.3) is 0 Å². The van der Waals surface area contributed by atoms with Gasteiger partial charge in [0.15, 0.2) is 11.5 Å². The molecule has 8 nitrogen and oxygen atoms in total.